The van der Waals surface area contributed by atoms with Crippen molar-refractivity contribution in [2.24, 2.45) is 11.1 Å². The van der Waals surface area contributed by atoms with Gasteiger partial charge in [-0.2, -0.15) is 0 Å². The monoisotopic (exact) mass is 325 g/mol. The van der Waals surface area contributed by atoms with Gasteiger partial charge in [0, 0.05) is 16.2 Å². The van der Waals surface area contributed by atoms with Gasteiger partial charge in [-0.15, -0.1) is 11.8 Å². The van der Waals surface area contributed by atoms with Crippen LogP contribution in [0.15, 0.2) is 17.0 Å². The standard InChI is InChI=1S/C19H32FNS/c1-13(2)22-17-11-15(9-7-8-14(3)21)10-16(18(17)20)12-19(4,5)6/h10-11,13-14H,7-9,12,21H2,1-6H3. The molecule has 1 aromatic carbocycles. The average Bonchev–Trinajstić information content (AvgIpc) is 2.32. The molecule has 0 radical (unpaired) electrons. The number of thioether (sulfide) groups is 1. The lowest BCUT2D eigenvalue weighted by Gasteiger charge is -2.21. The summed E-state index contributed by atoms with van der Waals surface area (Å²) in [5.74, 6) is -0.0235. The molecule has 0 aliphatic heterocycles. The van der Waals surface area contributed by atoms with Crippen LogP contribution in [0.1, 0.15) is 65.5 Å². The molecule has 0 aromatic heterocycles. The highest BCUT2D eigenvalue weighted by Crippen LogP contribution is 2.32. The zero-order chi connectivity index (χ0) is 16.9. The molecule has 1 aromatic rings. The number of benzene rings is 1. The summed E-state index contributed by atoms with van der Waals surface area (Å²) < 4.78 is 14.8. The Balaban J connectivity index is 3.02. The van der Waals surface area contributed by atoms with Gasteiger partial charge in [0.1, 0.15) is 5.82 Å². The molecule has 0 heterocycles. The van der Waals surface area contributed by atoms with E-state index in [1.165, 1.54) is 5.56 Å². The number of nitrogens with two attached hydrogens (primary N) is 1. The fourth-order valence-corrected chi connectivity index (χ4v) is 3.49. The SMILES string of the molecule is CC(N)CCCc1cc(CC(C)(C)C)c(F)c(SC(C)C)c1. The van der Waals surface area contributed by atoms with Crippen LogP contribution in [0.2, 0.25) is 0 Å². The van der Waals surface area contributed by atoms with Crippen LogP contribution in [0.4, 0.5) is 4.39 Å². The van der Waals surface area contributed by atoms with E-state index in [0.717, 1.165) is 36.1 Å². The summed E-state index contributed by atoms with van der Waals surface area (Å²) in [7, 11) is 0. The maximum atomic E-state index is 14.8. The van der Waals surface area contributed by atoms with Gasteiger partial charge in [-0.1, -0.05) is 40.7 Å². The van der Waals surface area contributed by atoms with E-state index >= 15 is 0 Å². The van der Waals surface area contributed by atoms with Crippen LogP contribution in [0.25, 0.3) is 0 Å². The molecular weight excluding hydrogens is 293 g/mol. The van der Waals surface area contributed by atoms with Crippen LogP contribution < -0.4 is 5.73 Å². The van der Waals surface area contributed by atoms with Crippen molar-refractivity contribution in [3.05, 3.63) is 29.1 Å². The Morgan fingerprint density at radius 2 is 1.82 bits per heavy atom. The molecule has 0 aliphatic rings. The minimum atomic E-state index is -0.0235. The summed E-state index contributed by atoms with van der Waals surface area (Å²) in [4.78, 5) is 0.799. The second-order valence-electron chi connectivity index (χ2n) is 7.84. The molecule has 126 valence electrons. The van der Waals surface area contributed by atoms with E-state index in [-0.39, 0.29) is 17.3 Å². The zero-order valence-corrected chi connectivity index (χ0v) is 15.8. The topological polar surface area (TPSA) is 26.0 Å². The van der Waals surface area contributed by atoms with Gasteiger partial charge in [0.15, 0.2) is 0 Å². The van der Waals surface area contributed by atoms with Crippen molar-refractivity contribution in [1.82, 2.24) is 0 Å². The number of aryl methyl sites for hydroxylation is 1. The molecule has 0 saturated heterocycles. The number of rotatable bonds is 7. The fourth-order valence-electron chi connectivity index (χ4n) is 2.53. The van der Waals surface area contributed by atoms with Crippen LogP contribution in [-0.4, -0.2) is 11.3 Å². The molecule has 0 fully saturated rings. The van der Waals surface area contributed by atoms with E-state index < -0.39 is 0 Å². The second-order valence-corrected chi connectivity index (χ2v) is 9.46. The van der Waals surface area contributed by atoms with E-state index in [1.54, 1.807) is 11.8 Å². The van der Waals surface area contributed by atoms with E-state index in [1.807, 2.05) is 13.0 Å². The first-order valence-electron chi connectivity index (χ1n) is 8.32. The van der Waals surface area contributed by atoms with Crippen molar-refractivity contribution >= 4 is 11.8 Å². The van der Waals surface area contributed by atoms with Gasteiger partial charge in [-0.05, 0) is 55.2 Å². The van der Waals surface area contributed by atoms with Crippen molar-refractivity contribution in [2.75, 3.05) is 0 Å². The third-order valence-electron chi connectivity index (χ3n) is 3.38. The molecule has 0 aliphatic carbocycles. The first kappa shape index (κ1) is 19.5. The van der Waals surface area contributed by atoms with Crippen LogP contribution in [-0.2, 0) is 12.8 Å². The minimum absolute atomic E-state index is 0.0235. The zero-order valence-electron chi connectivity index (χ0n) is 15.0. The minimum Gasteiger partial charge on any atom is -0.328 e. The highest BCUT2D eigenvalue weighted by atomic mass is 32.2. The molecule has 22 heavy (non-hydrogen) atoms. The number of hydrogen-bond acceptors (Lipinski definition) is 2. The summed E-state index contributed by atoms with van der Waals surface area (Å²) in [5.41, 5.74) is 8.01. The normalized spacial score (nSPS) is 13.7. The third kappa shape index (κ3) is 7.15. The predicted octanol–water partition coefficient (Wildman–Crippen LogP) is 5.58. The van der Waals surface area contributed by atoms with Crippen LogP contribution in [0.5, 0.6) is 0 Å². The average molecular weight is 326 g/mol. The van der Waals surface area contributed by atoms with E-state index in [2.05, 4.69) is 40.7 Å². The van der Waals surface area contributed by atoms with Crippen molar-refractivity contribution in [3.8, 4) is 0 Å². The molecule has 0 spiro atoms. The first-order valence-corrected chi connectivity index (χ1v) is 9.20. The summed E-state index contributed by atoms with van der Waals surface area (Å²) in [6, 6.07) is 4.33. The lowest BCUT2D eigenvalue weighted by Crippen LogP contribution is -2.14. The second kappa shape index (κ2) is 8.35. The smallest absolute Gasteiger partial charge is 0.139 e. The number of halogens is 1. The van der Waals surface area contributed by atoms with E-state index in [0.29, 0.717) is 5.25 Å². The molecule has 0 amide bonds. The Hall–Kier alpha value is -0.540. The van der Waals surface area contributed by atoms with Gasteiger partial charge in [-0.25, -0.2) is 4.39 Å². The van der Waals surface area contributed by atoms with Crippen molar-refractivity contribution in [3.63, 3.8) is 0 Å². The van der Waals surface area contributed by atoms with Crippen molar-refractivity contribution < 1.29 is 4.39 Å². The maximum absolute atomic E-state index is 14.8. The largest absolute Gasteiger partial charge is 0.328 e. The van der Waals surface area contributed by atoms with E-state index in [9.17, 15) is 4.39 Å². The van der Waals surface area contributed by atoms with Crippen LogP contribution >= 0.6 is 11.8 Å². The maximum Gasteiger partial charge on any atom is 0.139 e. The molecule has 3 heteroatoms. The lowest BCUT2D eigenvalue weighted by atomic mass is 9.87. The molecular formula is C19H32FNS. The van der Waals surface area contributed by atoms with Gasteiger partial charge in [-0.3, -0.25) is 0 Å². The predicted molar refractivity (Wildman–Crippen MR) is 97.1 cm³/mol. The number of hydrogen-bond donors (Lipinski definition) is 1. The van der Waals surface area contributed by atoms with Gasteiger partial charge >= 0.3 is 0 Å². The Kier molecular flexibility index (Phi) is 7.40. The lowest BCUT2D eigenvalue weighted by molar-refractivity contribution is 0.400. The van der Waals surface area contributed by atoms with Gasteiger partial charge < -0.3 is 5.73 Å². The molecule has 2 N–H and O–H groups in total. The Labute approximate surface area is 140 Å². The first-order chi connectivity index (χ1) is 10.1. The molecule has 1 nitrogen and oxygen atoms in total. The van der Waals surface area contributed by atoms with Crippen LogP contribution in [0, 0.1) is 11.2 Å². The molecule has 0 saturated carbocycles. The van der Waals surface area contributed by atoms with Gasteiger partial charge in [0.05, 0.1) is 0 Å². The quantitative estimate of drug-likeness (QED) is 0.662. The fraction of sp³-hybridized carbons (Fsp3) is 0.684. The Morgan fingerprint density at radius 1 is 1.18 bits per heavy atom. The van der Waals surface area contributed by atoms with Crippen molar-refractivity contribution in [2.45, 2.75) is 83.4 Å². The summed E-state index contributed by atoms with van der Waals surface area (Å²) >= 11 is 1.62. The van der Waals surface area contributed by atoms with Gasteiger partial charge in [0.25, 0.3) is 0 Å². The Bertz CT molecular complexity index is 475. The molecule has 1 rings (SSSR count). The molecule has 1 atom stereocenters. The third-order valence-corrected chi connectivity index (χ3v) is 4.41. The molecule has 1 unspecified atom stereocenters. The van der Waals surface area contributed by atoms with E-state index in [4.69, 9.17) is 5.73 Å². The van der Waals surface area contributed by atoms with Gasteiger partial charge in [0.2, 0.25) is 0 Å². The summed E-state index contributed by atoms with van der Waals surface area (Å²) in [6.07, 6.45) is 3.82. The Morgan fingerprint density at radius 3 is 2.32 bits per heavy atom. The van der Waals surface area contributed by atoms with Crippen molar-refractivity contribution in [1.29, 1.82) is 0 Å². The summed E-state index contributed by atoms with van der Waals surface area (Å²) in [5, 5.41) is 0.385. The summed E-state index contributed by atoms with van der Waals surface area (Å²) in [6.45, 7) is 12.7. The highest BCUT2D eigenvalue weighted by Gasteiger charge is 2.18. The molecule has 0 bridgehead atoms. The van der Waals surface area contributed by atoms with Crippen LogP contribution in [0.3, 0.4) is 0 Å². The highest BCUT2D eigenvalue weighted by molar-refractivity contribution is 7.99.